The molecule has 3 amide bonds. The minimum Gasteiger partial charge on any atom is -0.350 e. The first kappa shape index (κ1) is 26.4. The summed E-state index contributed by atoms with van der Waals surface area (Å²) in [4.78, 5) is 46.4. The highest BCUT2D eigenvalue weighted by Gasteiger charge is 2.56. The molecule has 5 rings (SSSR count). The molecule has 2 N–H and O–H groups in total. The lowest BCUT2D eigenvalue weighted by Gasteiger charge is -2.33. The van der Waals surface area contributed by atoms with Crippen LogP contribution in [0.2, 0.25) is 0 Å². The van der Waals surface area contributed by atoms with Crippen molar-refractivity contribution in [2.45, 2.75) is 51.1 Å². The topological polar surface area (TPSA) is 109 Å². The van der Waals surface area contributed by atoms with Gasteiger partial charge in [0.2, 0.25) is 11.8 Å². The molecule has 0 radical (unpaired) electrons. The molecular formula is C29H29F2N5O3. The lowest BCUT2D eigenvalue weighted by atomic mass is 9.80. The molecule has 3 heterocycles. The van der Waals surface area contributed by atoms with Crippen molar-refractivity contribution in [3.8, 4) is 6.07 Å². The third kappa shape index (κ3) is 4.13. The second-order valence-corrected chi connectivity index (χ2v) is 10.9. The summed E-state index contributed by atoms with van der Waals surface area (Å²) in [5, 5.41) is 13.0. The van der Waals surface area contributed by atoms with Crippen LogP contribution >= 0.6 is 0 Å². The van der Waals surface area contributed by atoms with Gasteiger partial charge in [-0.25, -0.2) is 8.78 Å². The van der Waals surface area contributed by atoms with Crippen molar-refractivity contribution >= 4 is 34.3 Å². The van der Waals surface area contributed by atoms with Gasteiger partial charge in [0.1, 0.15) is 29.4 Å². The van der Waals surface area contributed by atoms with Crippen LogP contribution in [0.4, 0.5) is 14.5 Å². The Morgan fingerprint density at radius 1 is 1.26 bits per heavy atom. The van der Waals surface area contributed by atoms with Crippen LogP contribution in [0, 0.1) is 35.8 Å². The van der Waals surface area contributed by atoms with Crippen molar-refractivity contribution in [3.63, 3.8) is 0 Å². The number of nitrogens with zero attached hydrogens (tertiary/aromatic N) is 3. The van der Waals surface area contributed by atoms with Crippen LogP contribution in [-0.4, -0.2) is 58.2 Å². The summed E-state index contributed by atoms with van der Waals surface area (Å²) in [6.45, 7) is 5.41. The van der Waals surface area contributed by atoms with Crippen molar-refractivity contribution in [2.24, 2.45) is 5.92 Å². The monoisotopic (exact) mass is 533 g/mol. The number of halogens is 2. The zero-order valence-electron chi connectivity index (χ0n) is 22.1. The summed E-state index contributed by atoms with van der Waals surface area (Å²) < 4.78 is 28.3. The van der Waals surface area contributed by atoms with Gasteiger partial charge in [0.05, 0.1) is 17.0 Å². The number of nitrogens with one attached hydrogen (secondary N) is 2. The van der Waals surface area contributed by atoms with E-state index in [0.717, 1.165) is 17.7 Å². The highest BCUT2D eigenvalue weighted by atomic mass is 19.1. The van der Waals surface area contributed by atoms with E-state index in [0.29, 0.717) is 17.7 Å². The first-order valence-electron chi connectivity index (χ1n) is 12.8. The van der Waals surface area contributed by atoms with E-state index in [2.05, 4.69) is 16.4 Å². The molecule has 1 unspecified atom stereocenters. The standard InChI is InChI=1S/C29H29F2N5O3/c1-15(2)9-23(35(4)27(38)25-16(3)24-20(31)10-17(30)11-22(24)33-25)26(37)36-14-29(12-18(36)13-32)19-7-5-6-8-21(19)34-28(29)39/h5-8,10-11,15,18,23,33H,9,12,14H2,1-4H3,(H,34,39)/t18?,23-,29-/m0/s1. The number of carbonyl (C=O) groups is 3. The fraction of sp³-hybridized carbons (Fsp3) is 0.379. The number of H-pyrrole nitrogens is 1. The SMILES string of the molecule is Cc1c(C(=O)N(C)[C@@H](CC(C)C)C(=O)N2C[C@]3(CC2C#N)C(=O)Nc2ccccc23)[nH]c2cc(F)cc(F)c12. The molecule has 202 valence electrons. The molecule has 39 heavy (non-hydrogen) atoms. The number of carbonyl (C=O) groups excluding carboxylic acids is 3. The van der Waals surface area contributed by atoms with E-state index in [1.807, 2.05) is 32.0 Å². The number of rotatable bonds is 5. The molecule has 1 saturated heterocycles. The van der Waals surface area contributed by atoms with E-state index in [1.54, 1.807) is 13.0 Å². The number of fused-ring (bicyclic) bond motifs is 3. The quantitative estimate of drug-likeness (QED) is 0.511. The van der Waals surface area contributed by atoms with Crippen molar-refractivity contribution in [1.82, 2.24) is 14.8 Å². The highest BCUT2D eigenvalue weighted by molar-refractivity contribution is 6.08. The van der Waals surface area contributed by atoms with Crippen molar-refractivity contribution < 1.29 is 23.2 Å². The summed E-state index contributed by atoms with van der Waals surface area (Å²) in [5.74, 6) is -2.81. The number of aromatic amines is 1. The number of nitriles is 1. The molecular weight excluding hydrogens is 504 g/mol. The average molecular weight is 534 g/mol. The second-order valence-electron chi connectivity index (χ2n) is 10.9. The molecule has 0 aliphatic carbocycles. The number of para-hydroxylation sites is 1. The van der Waals surface area contributed by atoms with Gasteiger partial charge in [-0.15, -0.1) is 0 Å². The third-order valence-electron chi connectivity index (χ3n) is 7.96. The first-order chi connectivity index (χ1) is 18.5. The third-order valence-corrected chi connectivity index (χ3v) is 7.96. The predicted octanol–water partition coefficient (Wildman–Crippen LogP) is 4.26. The minimum absolute atomic E-state index is 0.0113. The molecule has 1 aromatic heterocycles. The first-order valence-corrected chi connectivity index (χ1v) is 12.8. The fourth-order valence-electron chi connectivity index (χ4n) is 5.99. The maximum Gasteiger partial charge on any atom is 0.271 e. The second kappa shape index (κ2) is 9.49. The van der Waals surface area contributed by atoms with Gasteiger partial charge in [-0.2, -0.15) is 5.26 Å². The van der Waals surface area contributed by atoms with Gasteiger partial charge in [0, 0.05) is 37.2 Å². The van der Waals surface area contributed by atoms with Crippen LogP contribution in [0.3, 0.4) is 0 Å². The van der Waals surface area contributed by atoms with Gasteiger partial charge in [0.15, 0.2) is 0 Å². The lowest BCUT2D eigenvalue weighted by molar-refractivity contribution is -0.136. The number of anilines is 1. The number of likely N-dealkylation sites (tertiary alicyclic amines) is 1. The van der Waals surface area contributed by atoms with E-state index >= 15 is 0 Å². The van der Waals surface area contributed by atoms with Crippen molar-refractivity contribution in [2.75, 3.05) is 18.9 Å². The molecule has 0 saturated carbocycles. The number of likely N-dealkylation sites (N-methyl/N-ethyl adjacent to an activating group) is 1. The molecule has 2 aliphatic rings. The van der Waals surface area contributed by atoms with Gasteiger partial charge in [-0.1, -0.05) is 32.0 Å². The zero-order chi connectivity index (χ0) is 28.2. The summed E-state index contributed by atoms with van der Waals surface area (Å²) in [6, 6.07) is 9.49. The molecule has 8 nitrogen and oxygen atoms in total. The Morgan fingerprint density at radius 3 is 2.67 bits per heavy atom. The summed E-state index contributed by atoms with van der Waals surface area (Å²) in [6.07, 6.45) is 0.448. The Labute approximate surface area is 224 Å². The summed E-state index contributed by atoms with van der Waals surface area (Å²) in [5.41, 5.74) is 0.871. The van der Waals surface area contributed by atoms with Crippen LogP contribution in [0.5, 0.6) is 0 Å². The van der Waals surface area contributed by atoms with Crippen LogP contribution in [0.25, 0.3) is 10.9 Å². The van der Waals surface area contributed by atoms with E-state index < -0.39 is 40.9 Å². The van der Waals surface area contributed by atoms with Gasteiger partial charge >= 0.3 is 0 Å². The Bertz CT molecular complexity index is 1560. The Balaban J connectivity index is 1.49. The minimum atomic E-state index is -1.05. The molecule has 10 heteroatoms. The average Bonchev–Trinajstić information content (AvgIpc) is 3.53. The van der Waals surface area contributed by atoms with Gasteiger partial charge < -0.3 is 20.1 Å². The predicted molar refractivity (Wildman–Crippen MR) is 141 cm³/mol. The zero-order valence-corrected chi connectivity index (χ0v) is 22.1. The van der Waals surface area contributed by atoms with Gasteiger partial charge in [0.25, 0.3) is 5.91 Å². The van der Waals surface area contributed by atoms with Gasteiger partial charge in [-0.3, -0.25) is 14.4 Å². The number of aryl methyl sites for hydroxylation is 1. The molecule has 1 spiro atoms. The van der Waals surface area contributed by atoms with Gasteiger partial charge in [-0.05, 0) is 42.5 Å². The Hall–Kier alpha value is -4.26. The summed E-state index contributed by atoms with van der Waals surface area (Å²) >= 11 is 0. The van der Waals surface area contributed by atoms with E-state index in [-0.39, 0.29) is 41.4 Å². The molecule has 0 bridgehead atoms. The number of benzene rings is 2. The fourth-order valence-corrected chi connectivity index (χ4v) is 5.99. The highest BCUT2D eigenvalue weighted by Crippen LogP contribution is 2.46. The van der Waals surface area contributed by atoms with Crippen molar-refractivity contribution in [3.05, 3.63) is 64.9 Å². The lowest BCUT2D eigenvalue weighted by Crippen LogP contribution is -2.52. The largest absolute Gasteiger partial charge is 0.350 e. The Kier molecular flexibility index (Phi) is 6.41. The summed E-state index contributed by atoms with van der Waals surface area (Å²) in [7, 11) is 1.49. The van der Waals surface area contributed by atoms with Crippen LogP contribution in [0.15, 0.2) is 36.4 Å². The van der Waals surface area contributed by atoms with E-state index in [1.165, 1.54) is 16.8 Å². The number of hydrogen-bond donors (Lipinski definition) is 2. The maximum absolute atomic E-state index is 14.5. The van der Waals surface area contributed by atoms with E-state index in [4.69, 9.17) is 0 Å². The Morgan fingerprint density at radius 2 is 1.97 bits per heavy atom. The van der Waals surface area contributed by atoms with Crippen LogP contribution < -0.4 is 5.32 Å². The van der Waals surface area contributed by atoms with E-state index in [9.17, 15) is 28.4 Å². The van der Waals surface area contributed by atoms with Crippen LogP contribution in [-0.2, 0) is 15.0 Å². The molecule has 3 aromatic rings. The normalized spacial score (nSPS) is 20.8. The van der Waals surface area contributed by atoms with Crippen LogP contribution in [0.1, 0.15) is 48.3 Å². The molecule has 1 fully saturated rings. The number of aromatic nitrogens is 1. The smallest absolute Gasteiger partial charge is 0.271 e. The molecule has 2 aromatic carbocycles. The molecule has 2 aliphatic heterocycles. The maximum atomic E-state index is 14.5. The number of amides is 3. The number of hydrogen-bond acceptors (Lipinski definition) is 4. The molecule has 3 atom stereocenters. The van der Waals surface area contributed by atoms with Crippen molar-refractivity contribution in [1.29, 1.82) is 5.26 Å².